The molecule has 1 rings (SSSR count). The van der Waals surface area contributed by atoms with Crippen molar-refractivity contribution in [1.82, 2.24) is 0 Å². The average Bonchev–Trinajstić information content (AvgIpc) is 2.27. The molecule has 0 spiro atoms. The maximum Gasteiger partial charge on any atom is 0.135 e. The number of Topliss-reactive ketones (excluding diaryl/α,β-unsaturated/α-hetero) is 1. The van der Waals surface area contributed by atoms with E-state index in [2.05, 4.69) is 6.92 Å². The minimum atomic E-state index is -0.366. The number of carbonyl (C=O) groups is 1. The molecule has 0 radical (unpaired) electrons. The van der Waals surface area contributed by atoms with Crippen LogP contribution in [0, 0.1) is 5.92 Å². The number of carbonyl (C=O) groups excluding carboxylic acids is 1. The second kappa shape index (κ2) is 7.00. The second-order valence-corrected chi connectivity index (χ2v) is 4.81. The largest absolute Gasteiger partial charge is 0.392 e. The van der Waals surface area contributed by atoms with Gasteiger partial charge in [0, 0.05) is 12.8 Å². The molecule has 0 bridgehead atoms. The highest BCUT2D eigenvalue weighted by Crippen LogP contribution is 2.27. The molecule has 0 saturated heterocycles. The van der Waals surface area contributed by atoms with E-state index in [9.17, 15) is 9.90 Å². The summed E-state index contributed by atoms with van der Waals surface area (Å²) in [6.45, 7) is 2.09. The maximum atomic E-state index is 11.5. The van der Waals surface area contributed by atoms with Gasteiger partial charge in [0.15, 0.2) is 0 Å². The van der Waals surface area contributed by atoms with Gasteiger partial charge in [-0.25, -0.2) is 0 Å². The minimum absolute atomic E-state index is 0.245. The Labute approximate surface area is 93.1 Å². The van der Waals surface area contributed by atoms with Crippen LogP contribution in [0.3, 0.4) is 0 Å². The van der Waals surface area contributed by atoms with E-state index in [1.165, 1.54) is 19.3 Å². The summed E-state index contributed by atoms with van der Waals surface area (Å²) in [7, 11) is 0. The molecule has 0 aromatic carbocycles. The number of hydrogen-bond donors (Lipinski definition) is 1. The molecule has 0 aliphatic heterocycles. The van der Waals surface area contributed by atoms with Gasteiger partial charge in [0.25, 0.3) is 0 Å². The lowest BCUT2D eigenvalue weighted by atomic mass is 9.83. The van der Waals surface area contributed by atoms with E-state index in [0.717, 1.165) is 25.7 Å². The van der Waals surface area contributed by atoms with Crippen molar-refractivity contribution in [3.05, 3.63) is 0 Å². The Balaban J connectivity index is 2.21. The second-order valence-electron chi connectivity index (χ2n) is 4.81. The van der Waals surface area contributed by atoms with Crippen LogP contribution in [-0.2, 0) is 4.79 Å². The Hall–Kier alpha value is -0.370. The summed E-state index contributed by atoms with van der Waals surface area (Å²) < 4.78 is 0. The Kier molecular flexibility index (Phi) is 5.92. The molecule has 0 heterocycles. The monoisotopic (exact) mass is 212 g/mol. The average molecular weight is 212 g/mol. The van der Waals surface area contributed by atoms with Crippen molar-refractivity contribution < 1.29 is 9.90 Å². The third-order valence-corrected chi connectivity index (χ3v) is 3.44. The van der Waals surface area contributed by atoms with Gasteiger partial charge in [0.05, 0.1) is 6.10 Å². The van der Waals surface area contributed by atoms with E-state index in [1.807, 2.05) is 0 Å². The zero-order valence-corrected chi connectivity index (χ0v) is 9.87. The highest BCUT2D eigenvalue weighted by atomic mass is 16.3. The van der Waals surface area contributed by atoms with Crippen molar-refractivity contribution in [3.8, 4) is 0 Å². The normalized spacial score (nSPS) is 20.1. The zero-order chi connectivity index (χ0) is 11.1. The number of unbranched alkanes of at least 4 members (excludes halogenated alkanes) is 1. The molecular weight excluding hydrogens is 188 g/mol. The number of ketones is 1. The molecule has 0 aromatic rings. The summed E-state index contributed by atoms with van der Waals surface area (Å²) in [5, 5.41) is 9.92. The summed E-state index contributed by atoms with van der Waals surface area (Å²) >= 11 is 0. The van der Waals surface area contributed by atoms with E-state index in [1.54, 1.807) is 0 Å². The van der Waals surface area contributed by atoms with Gasteiger partial charge < -0.3 is 5.11 Å². The molecule has 88 valence electrons. The SMILES string of the molecule is CCCCC(=O)C[C@@H](O)C1CCCCC1. The Morgan fingerprint density at radius 2 is 2.00 bits per heavy atom. The molecule has 1 saturated carbocycles. The lowest BCUT2D eigenvalue weighted by molar-refractivity contribution is -0.122. The highest BCUT2D eigenvalue weighted by molar-refractivity contribution is 5.78. The first-order chi connectivity index (χ1) is 7.24. The fourth-order valence-corrected chi connectivity index (χ4v) is 2.39. The first kappa shape index (κ1) is 12.7. The molecule has 1 atom stereocenters. The van der Waals surface area contributed by atoms with Crippen molar-refractivity contribution in [3.63, 3.8) is 0 Å². The molecule has 2 nitrogen and oxygen atoms in total. The highest BCUT2D eigenvalue weighted by Gasteiger charge is 2.23. The van der Waals surface area contributed by atoms with Crippen LogP contribution in [0.2, 0.25) is 0 Å². The van der Waals surface area contributed by atoms with Crippen LogP contribution in [0.1, 0.15) is 64.7 Å². The number of aliphatic hydroxyl groups is 1. The molecule has 1 N–H and O–H groups in total. The van der Waals surface area contributed by atoms with Crippen LogP contribution >= 0.6 is 0 Å². The lowest BCUT2D eigenvalue weighted by Gasteiger charge is -2.26. The summed E-state index contributed by atoms with van der Waals surface area (Å²) in [6.07, 6.45) is 8.69. The summed E-state index contributed by atoms with van der Waals surface area (Å²) in [5.41, 5.74) is 0. The van der Waals surface area contributed by atoms with Crippen molar-refractivity contribution in [2.45, 2.75) is 70.8 Å². The van der Waals surface area contributed by atoms with Crippen LogP contribution in [0.15, 0.2) is 0 Å². The van der Waals surface area contributed by atoms with Crippen LogP contribution in [0.5, 0.6) is 0 Å². The Morgan fingerprint density at radius 1 is 1.33 bits per heavy atom. The molecule has 0 aromatic heterocycles. The van der Waals surface area contributed by atoms with Crippen molar-refractivity contribution >= 4 is 5.78 Å². The van der Waals surface area contributed by atoms with Gasteiger partial charge >= 0.3 is 0 Å². The fraction of sp³-hybridized carbons (Fsp3) is 0.923. The summed E-state index contributed by atoms with van der Waals surface area (Å²) in [4.78, 5) is 11.5. The quantitative estimate of drug-likeness (QED) is 0.734. The molecule has 1 fully saturated rings. The van der Waals surface area contributed by atoms with E-state index in [0.29, 0.717) is 18.8 Å². The first-order valence-corrected chi connectivity index (χ1v) is 6.43. The van der Waals surface area contributed by atoms with Gasteiger partial charge in [-0.05, 0) is 25.2 Å². The van der Waals surface area contributed by atoms with Gasteiger partial charge in [0.1, 0.15) is 5.78 Å². The van der Waals surface area contributed by atoms with Crippen molar-refractivity contribution in [2.24, 2.45) is 5.92 Å². The Morgan fingerprint density at radius 3 is 2.60 bits per heavy atom. The molecule has 1 aliphatic rings. The molecule has 15 heavy (non-hydrogen) atoms. The standard InChI is InChI=1S/C13H24O2/c1-2-3-9-12(14)10-13(15)11-7-5-4-6-8-11/h11,13,15H,2-10H2,1H3/t13-/m1/s1. The van der Waals surface area contributed by atoms with Gasteiger partial charge in [-0.2, -0.15) is 0 Å². The third-order valence-electron chi connectivity index (χ3n) is 3.44. The zero-order valence-electron chi connectivity index (χ0n) is 9.87. The number of aliphatic hydroxyl groups excluding tert-OH is 1. The van der Waals surface area contributed by atoms with E-state index in [4.69, 9.17) is 0 Å². The molecule has 0 unspecified atom stereocenters. The lowest BCUT2D eigenvalue weighted by Crippen LogP contribution is -2.25. The van der Waals surface area contributed by atoms with Crippen molar-refractivity contribution in [1.29, 1.82) is 0 Å². The van der Waals surface area contributed by atoms with E-state index in [-0.39, 0.29) is 11.9 Å². The van der Waals surface area contributed by atoms with Gasteiger partial charge in [-0.3, -0.25) is 4.79 Å². The van der Waals surface area contributed by atoms with Crippen LogP contribution in [-0.4, -0.2) is 17.0 Å². The van der Waals surface area contributed by atoms with Crippen LogP contribution in [0.4, 0.5) is 0 Å². The summed E-state index contributed by atoms with van der Waals surface area (Å²) in [6, 6.07) is 0. The van der Waals surface area contributed by atoms with Gasteiger partial charge in [-0.15, -0.1) is 0 Å². The van der Waals surface area contributed by atoms with E-state index < -0.39 is 0 Å². The fourth-order valence-electron chi connectivity index (χ4n) is 2.39. The van der Waals surface area contributed by atoms with Crippen molar-refractivity contribution in [2.75, 3.05) is 0 Å². The predicted octanol–water partition coefficient (Wildman–Crippen LogP) is 3.08. The van der Waals surface area contributed by atoms with Crippen LogP contribution in [0.25, 0.3) is 0 Å². The maximum absolute atomic E-state index is 11.5. The first-order valence-electron chi connectivity index (χ1n) is 6.43. The van der Waals surface area contributed by atoms with Crippen LogP contribution < -0.4 is 0 Å². The third kappa shape index (κ3) is 4.78. The van der Waals surface area contributed by atoms with Gasteiger partial charge in [0.2, 0.25) is 0 Å². The Bertz CT molecular complexity index is 183. The van der Waals surface area contributed by atoms with Gasteiger partial charge in [-0.1, -0.05) is 32.6 Å². The topological polar surface area (TPSA) is 37.3 Å². The molecule has 1 aliphatic carbocycles. The molecular formula is C13H24O2. The molecule has 2 heteroatoms. The summed E-state index contributed by atoms with van der Waals surface area (Å²) in [5.74, 6) is 0.638. The molecule has 0 amide bonds. The number of rotatable bonds is 6. The predicted molar refractivity (Wildman–Crippen MR) is 61.7 cm³/mol. The smallest absolute Gasteiger partial charge is 0.135 e. The minimum Gasteiger partial charge on any atom is -0.392 e. The number of hydrogen-bond acceptors (Lipinski definition) is 2. The van der Waals surface area contributed by atoms with E-state index >= 15 is 0 Å².